The van der Waals surface area contributed by atoms with Crippen LogP contribution in [0.5, 0.6) is 0 Å². The van der Waals surface area contributed by atoms with Gasteiger partial charge in [0.25, 0.3) is 0 Å². The maximum atomic E-state index is 2.30. The quantitative estimate of drug-likeness (QED) is 0.712. The largest absolute Gasteiger partial charge is 0.269 e. The fraction of sp³-hybridized carbons (Fsp3) is 0.143. The van der Waals surface area contributed by atoms with Crippen LogP contribution in [0.4, 0.5) is 4.70 Å². The van der Waals surface area contributed by atoms with Gasteiger partial charge < -0.3 is 0 Å². The molecular weight excluding hydrogens is 215 g/mol. The predicted octanol–water partition coefficient (Wildman–Crippen LogP) is 2.20. The van der Waals surface area contributed by atoms with Gasteiger partial charge in [-0.25, -0.2) is 0 Å². The van der Waals surface area contributed by atoms with E-state index in [1.54, 1.807) is 10.4 Å². The molecule has 0 aromatic heterocycles. The molecule has 0 aliphatic heterocycles. The predicted molar refractivity (Wildman–Crippen MR) is 72.3 cm³/mol. The summed E-state index contributed by atoms with van der Waals surface area (Å²) in [6.45, 7) is 2.30. The third-order valence-electron chi connectivity index (χ3n) is 2.81. The Balaban J connectivity index is 0.00000128. The molecule has 16 heavy (non-hydrogen) atoms. The average Bonchev–Trinajstić information content (AvgIpc) is 2.33. The van der Waals surface area contributed by atoms with Crippen LogP contribution in [0.25, 0.3) is 0 Å². The first-order valence-corrected chi connectivity index (χ1v) is 7.49. The van der Waals surface area contributed by atoms with Crippen LogP contribution in [0.1, 0.15) is 6.92 Å². The average molecular weight is 232 g/mol. The van der Waals surface area contributed by atoms with Crippen molar-refractivity contribution in [2.45, 2.75) is 13.0 Å². The summed E-state index contributed by atoms with van der Waals surface area (Å²) in [7, 11) is -0.930. The Kier molecular flexibility index (Phi) is 4.93. The van der Waals surface area contributed by atoms with Crippen LogP contribution in [-0.2, 0) is 0 Å². The van der Waals surface area contributed by atoms with Crippen LogP contribution in [0.3, 0.4) is 0 Å². The normalized spacial score (nSPS) is 9.88. The number of halogens is 1. The monoisotopic (exact) mass is 232 g/mol. The van der Waals surface area contributed by atoms with Crippen molar-refractivity contribution in [2.24, 2.45) is 0 Å². The molecule has 2 aromatic rings. The minimum atomic E-state index is -0.930. The highest BCUT2D eigenvalue weighted by molar-refractivity contribution is 6.85. The highest BCUT2D eigenvalue weighted by atomic mass is 28.3. The minimum absolute atomic E-state index is 0. The van der Waals surface area contributed by atoms with Crippen molar-refractivity contribution in [2.75, 3.05) is 0 Å². The zero-order valence-electron chi connectivity index (χ0n) is 9.47. The zero-order valence-corrected chi connectivity index (χ0v) is 10.6. The van der Waals surface area contributed by atoms with Gasteiger partial charge in [-0.05, 0) is 0 Å². The van der Waals surface area contributed by atoms with E-state index in [-0.39, 0.29) is 4.70 Å². The van der Waals surface area contributed by atoms with E-state index < -0.39 is 8.80 Å². The van der Waals surface area contributed by atoms with Crippen molar-refractivity contribution in [1.82, 2.24) is 0 Å². The summed E-state index contributed by atoms with van der Waals surface area (Å²) >= 11 is 0. The summed E-state index contributed by atoms with van der Waals surface area (Å²) in [5.41, 5.74) is 0. The third-order valence-corrected chi connectivity index (χ3v) is 6.01. The SMILES string of the molecule is CC[SiH](c1ccccc1)c1ccccc1.F. The summed E-state index contributed by atoms with van der Waals surface area (Å²) < 4.78 is 0. The summed E-state index contributed by atoms with van der Waals surface area (Å²) in [4.78, 5) is 0. The van der Waals surface area contributed by atoms with E-state index in [4.69, 9.17) is 0 Å². The van der Waals surface area contributed by atoms with Crippen LogP contribution in [0, 0.1) is 0 Å². The van der Waals surface area contributed by atoms with Gasteiger partial charge in [-0.3, -0.25) is 4.70 Å². The topological polar surface area (TPSA) is 0 Å². The van der Waals surface area contributed by atoms with Gasteiger partial charge in [0.2, 0.25) is 0 Å². The Morgan fingerprint density at radius 1 is 0.750 bits per heavy atom. The Labute approximate surface area is 97.9 Å². The van der Waals surface area contributed by atoms with E-state index in [9.17, 15) is 0 Å². The number of benzene rings is 2. The molecule has 0 fully saturated rings. The molecule has 0 saturated carbocycles. The molecule has 2 rings (SSSR count). The second-order valence-electron chi connectivity index (χ2n) is 3.78. The lowest BCUT2D eigenvalue weighted by Gasteiger charge is -2.13. The third kappa shape index (κ3) is 2.80. The molecule has 0 bridgehead atoms. The van der Waals surface area contributed by atoms with E-state index in [0.717, 1.165) is 0 Å². The van der Waals surface area contributed by atoms with Crippen LogP contribution in [-0.4, -0.2) is 8.80 Å². The Bertz CT molecular complexity index is 360. The minimum Gasteiger partial charge on any atom is -0.269 e. The van der Waals surface area contributed by atoms with Crippen molar-refractivity contribution >= 4 is 19.2 Å². The molecule has 0 aliphatic carbocycles. The van der Waals surface area contributed by atoms with Crippen molar-refractivity contribution in [3.8, 4) is 0 Å². The molecule has 0 heterocycles. The number of hydrogen-bond acceptors (Lipinski definition) is 0. The van der Waals surface area contributed by atoms with E-state index in [1.165, 1.54) is 6.04 Å². The second-order valence-corrected chi connectivity index (χ2v) is 7.04. The van der Waals surface area contributed by atoms with E-state index in [2.05, 4.69) is 67.6 Å². The molecule has 0 unspecified atom stereocenters. The van der Waals surface area contributed by atoms with Crippen LogP contribution < -0.4 is 10.4 Å². The molecule has 0 radical (unpaired) electrons. The molecule has 0 atom stereocenters. The van der Waals surface area contributed by atoms with Gasteiger partial charge in [0.05, 0.1) is 0 Å². The van der Waals surface area contributed by atoms with Crippen molar-refractivity contribution in [3.63, 3.8) is 0 Å². The fourth-order valence-electron chi connectivity index (χ4n) is 2.03. The number of rotatable bonds is 3. The molecule has 2 heteroatoms. The summed E-state index contributed by atoms with van der Waals surface area (Å²) in [5, 5.41) is 3.09. The lowest BCUT2D eigenvalue weighted by atomic mass is 10.4. The summed E-state index contributed by atoms with van der Waals surface area (Å²) in [5.74, 6) is 0. The number of hydrogen-bond donors (Lipinski definition) is 0. The van der Waals surface area contributed by atoms with Crippen molar-refractivity contribution in [3.05, 3.63) is 60.7 Å². The standard InChI is InChI=1S/C14H16Si.FH/c1-2-15(13-9-5-3-6-10-13)14-11-7-4-8-12-14;/h3-12,15H,2H2,1H3;1H. The highest BCUT2D eigenvalue weighted by Crippen LogP contribution is 1.96. The molecular formula is C14H17FSi. The molecule has 2 aromatic carbocycles. The maximum absolute atomic E-state index is 2.30. The Morgan fingerprint density at radius 3 is 1.44 bits per heavy atom. The van der Waals surface area contributed by atoms with E-state index >= 15 is 0 Å². The molecule has 0 amide bonds. The first kappa shape index (κ1) is 12.7. The van der Waals surface area contributed by atoms with Gasteiger partial charge in [0.15, 0.2) is 0 Å². The lowest BCUT2D eigenvalue weighted by Crippen LogP contribution is -2.41. The lowest BCUT2D eigenvalue weighted by molar-refractivity contribution is 1.11. The molecule has 0 spiro atoms. The second kappa shape index (κ2) is 6.23. The van der Waals surface area contributed by atoms with Crippen LogP contribution in [0.2, 0.25) is 6.04 Å². The van der Waals surface area contributed by atoms with Gasteiger partial charge in [0.1, 0.15) is 8.80 Å². The van der Waals surface area contributed by atoms with Crippen LogP contribution >= 0.6 is 0 Å². The zero-order chi connectivity index (χ0) is 10.5. The Hall–Kier alpha value is -1.41. The highest BCUT2D eigenvalue weighted by Gasteiger charge is 2.12. The fourth-order valence-corrected chi connectivity index (χ4v) is 4.74. The smallest absolute Gasteiger partial charge is 0.102 e. The summed E-state index contributed by atoms with van der Waals surface area (Å²) in [6, 6.07) is 23.1. The van der Waals surface area contributed by atoms with Crippen molar-refractivity contribution < 1.29 is 4.70 Å². The molecule has 0 nitrogen and oxygen atoms in total. The molecule has 0 saturated heterocycles. The maximum Gasteiger partial charge on any atom is 0.102 e. The van der Waals surface area contributed by atoms with E-state index in [0.29, 0.717) is 0 Å². The molecule has 84 valence electrons. The van der Waals surface area contributed by atoms with Crippen LogP contribution in [0.15, 0.2) is 60.7 Å². The van der Waals surface area contributed by atoms with Crippen molar-refractivity contribution in [1.29, 1.82) is 0 Å². The van der Waals surface area contributed by atoms with E-state index in [1.807, 2.05) is 0 Å². The van der Waals surface area contributed by atoms with Gasteiger partial charge in [0, 0.05) is 0 Å². The van der Waals surface area contributed by atoms with Gasteiger partial charge >= 0.3 is 0 Å². The van der Waals surface area contributed by atoms with Gasteiger partial charge in [-0.2, -0.15) is 0 Å². The Morgan fingerprint density at radius 2 is 1.12 bits per heavy atom. The first-order chi connectivity index (χ1) is 7.42. The first-order valence-electron chi connectivity index (χ1n) is 5.51. The molecule has 0 N–H and O–H groups in total. The summed E-state index contributed by atoms with van der Waals surface area (Å²) in [6.07, 6.45) is 0. The van der Waals surface area contributed by atoms with Gasteiger partial charge in [-0.1, -0.05) is 84.0 Å². The molecule has 0 aliphatic rings. The van der Waals surface area contributed by atoms with Gasteiger partial charge in [-0.15, -0.1) is 0 Å².